The van der Waals surface area contributed by atoms with E-state index in [4.69, 9.17) is 0 Å². The summed E-state index contributed by atoms with van der Waals surface area (Å²) in [6, 6.07) is 9.86. The molecule has 3 rings (SSSR count). The Hall–Kier alpha value is -2.67. The Kier molecular flexibility index (Phi) is 5.37. The van der Waals surface area contributed by atoms with Gasteiger partial charge in [-0.15, -0.1) is 11.3 Å². The maximum absolute atomic E-state index is 13.0. The first kappa shape index (κ1) is 18.1. The van der Waals surface area contributed by atoms with E-state index in [1.807, 2.05) is 43.5 Å². The van der Waals surface area contributed by atoms with Gasteiger partial charge in [0, 0.05) is 11.4 Å². The molecule has 2 aromatic rings. The highest BCUT2D eigenvalue weighted by molar-refractivity contribution is 7.09. The molecule has 0 spiro atoms. The van der Waals surface area contributed by atoms with Gasteiger partial charge in [0.25, 0.3) is 5.91 Å². The van der Waals surface area contributed by atoms with E-state index in [0.717, 1.165) is 10.4 Å². The van der Waals surface area contributed by atoms with Gasteiger partial charge in [-0.1, -0.05) is 23.8 Å². The second kappa shape index (κ2) is 7.70. The van der Waals surface area contributed by atoms with E-state index in [1.165, 1.54) is 21.1 Å². The average Bonchev–Trinajstić information content (AvgIpc) is 3.19. The summed E-state index contributed by atoms with van der Waals surface area (Å²) in [5.41, 5.74) is 1.57. The van der Waals surface area contributed by atoms with Crippen LogP contribution in [0.2, 0.25) is 0 Å². The monoisotopic (exact) mass is 371 g/mol. The quantitative estimate of drug-likeness (QED) is 0.794. The lowest BCUT2D eigenvalue weighted by Crippen LogP contribution is -2.39. The lowest BCUT2D eigenvalue weighted by molar-refractivity contribution is -0.127. The third-order valence-electron chi connectivity index (χ3n) is 4.27. The third kappa shape index (κ3) is 3.62. The molecule has 0 radical (unpaired) electrons. The summed E-state index contributed by atoms with van der Waals surface area (Å²) in [5.74, 6) is -0.595. The predicted molar refractivity (Wildman–Crippen MR) is 101 cm³/mol. The van der Waals surface area contributed by atoms with Crippen LogP contribution in [0.5, 0.6) is 0 Å². The lowest BCUT2D eigenvalue weighted by atomic mass is 10.1. The average molecular weight is 371 g/mol. The second-order valence-electron chi connectivity index (χ2n) is 6.17. The molecule has 1 aromatic heterocycles. The predicted octanol–water partition coefficient (Wildman–Crippen LogP) is 2.92. The van der Waals surface area contributed by atoms with Crippen molar-refractivity contribution in [3.05, 3.63) is 52.2 Å². The molecule has 1 N–H and O–H groups in total. The molecule has 1 saturated heterocycles. The summed E-state index contributed by atoms with van der Waals surface area (Å²) in [7, 11) is 0. The van der Waals surface area contributed by atoms with Gasteiger partial charge in [-0.25, -0.2) is 9.69 Å². The topological polar surface area (TPSA) is 69.7 Å². The summed E-state index contributed by atoms with van der Waals surface area (Å²) in [6.07, 6.45) is -0.0356. The molecule has 7 heteroatoms. The van der Waals surface area contributed by atoms with E-state index in [1.54, 1.807) is 12.1 Å². The zero-order chi connectivity index (χ0) is 18.7. The smallest absolute Gasteiger partial charge is 0.332 e. The minimum absolute atomic E-state index is 0.0356. The molecule has 2 heterocycles. The van der Waals surface area contributed by atoms with Crippen molar-refractivity contribution in [2.45, 2.75) is 32.9 Å². The van der Waals surface area contributed by atoms with Crippen LogP contribution in [0.3, 0.4) is 0 Å². The van der Waals surface area contributed by atoms with E-state index in [2.05, 4.69) is 5.32 Å². The number of carbonyl (C=O) groups is 3. The van der Waals surface area contributed by atoms with E-state index in [9.17, 15) is 14.4 Å². The van der Waals surface area contributed by atoms with Crippen molar-refractivity contribution in [3.63, 3.8) is 0 Å². The molecular weight excluding hydrogens is 350 g/mol. The lowest BCUT2D eigenvalue weighted by Gasteiger charge is -2.20. The Morgan fingerprint density at radius 2 is 1.92 bits per heavy atom. The number of hydrogen-bond acceptors (Lipinski definition) is 4. The van der Waals surface area contributed by atoms with Gasteiger partial charge >= 0.3 is 6.03 Å². The highest BCUT2D eigenvalue weighted by Gasteiger charge is 2.46. The zero-order valence-corrected chi connectivity index (χ0v) is 15.6. The number of amides is 4. The number of nitrogens with zero attached hydrogens (tertiary/aromatic N) is 2. The van der Waals surface area contributed by atoms with Crippen LogP contribution in [0.1, 0.15) is 23.8 Å². The maximum atomic E-state index is 13.0. The molecular formula is C19H21N3O3S. The van der Waals surface area contributed by atoms with Gasteiger partial charge in [-0.05, 0) is 37.4 Å². The molecule has 26 heavy (non-hydrogen) atoms. The standard InChI is InChI=1S/C19H21N3O3S/c1-3-20-17(23)11-16-18(24)22(14-8-6-13(2)7-9-14)19(25)21(16)12-15-5-4-10-26-15/h4-10,16H,3,11-12H2,1-2H3,(H,20,23). The van der Waals surface area contributed by atoms with Crippen LogP contribution >= 0.6 is 11.3 Å². The number of imide groups is 1. The highest BCUT2D eigenvalue weighted by atomic mass is 32.1. The Morgan fingerprint density at radius 1 is 1.19 bits per heavy atom. The number of benzene rings is 1. The van der Waals surface area contributed by atoms with E-state index >= 15 is 0 Å². The molecule has 136 valence electrons. The number of nitrogens with one attached hydrogen (secondary N) is 1. The first-order valence-electron chi connectivity index (χ1n) is 8.51. The Balaban J connectivity index is 1.90. The fourth-order valence-electron chi connectivity index (χ4n) is 2.96. The molecule has 1 aromatic carbocycles. The number of thiophene rings is 1. The minimum atomic E-state index is -0.794. The first-order chi connectivity index (χ1) is 12.5. The first-order valence-corrected chi connectivity index (χ1v) is 9.39. The van der Waals surface area contributed by atoms with E-state index in [-0.39, 0.29) is 24.3 Å². The Labute approximate surface area is 156 Å². The van der Waals surface area contributed by atoms with Gasteiger partial charge in [0.1, 0.15) is 6.04 Å². The van der Waals surface area contributed by atoms with E-state index < -0.39 is 6.04 Å². The summed E-state index contributed by atoms with van der Waals surface area (Å²) in [6.45, 7) is 4.56. The fraction of sp³-hybridized carbons (Fsp3) is 0.316. The van der Waals surface area contributed by atoms with Crippen molar-refractivity contribution in [2.24, 2.45) is 0 Å². The SMILES string of the molecule is CCNC(=O)CC1C(=O)N(c2ccc(C)cc2)C(=O)N1Cc1cccs1. The van der Waals surface area contributed by atoms with E-state index in [0.29, 0.717) is 18.8 Å². The van der Waals surface area contributed by atoms with Crippen LogP contribution in [-0.2, 0) is 16.1 Å². The normalized spacial score (nSPS) is 17.1. The number of rotatable bonds is 6. The number of aryl methyl sites for hydroxylation is 1. The van der Waals surface area contributed by atoms with Crippen molar-refractivity contribution in [1.82, 2.24) is 10.2 Å². The molecule has 1 fully saturated rings. The molecule has 0 aliphatic carbocycles. The van der Waals surface area contributed by atoms with Crippen LogP contribution in [0.25, 0.3) is 0 Å². The van der Waals surface area contributed by atoms with Gasteiger partial charge < -0.3 is 10.2 Å². The number of urea groups is 1. The Bertz CT molecular complexity index is 802. The molecule has 6 nitrogen and oxygen atoms in total. The zero-order valence-electron chi connectivity index (χ0n) is 14.8. The molecule has 4 amide bonds. The van der Waals surface area contributed by atoms with Gasteiger partial charge in [-0.3, -0.25) is 9.59 Å². The van der Waals surface area contributed by atoms with Crippen molar-refractivity contribution in [1.29, 1.82) is 0 Å². The van der Waals surface area contributed by atoms with Crippen LogP contribution in [0, 0.1) is 6.92 Å². The highest BCUT2D eigenvalue weighted by Crippen LogP contribution is 2.29. The fourth-order valence-corrected chi connectivity index (χ4v) is 3.66. The molecule has 1 aliphatic heterocycles. The van der Waals surface area contributed by atoms with Gasteiger partial charge in [0.2, 0.25) is 5.91 Å². The molecule has 1 aliphatic rings. The van der Waals surface area contributed by atoms with Crippen LogP contribution in [0.4, 0.5) is 10.5 Å². The van der Waals surface area contributed by atoms with Crippen molar-refractivity contribution in [3.8, 4) is 0 Å². The summed E-state index contributed by atoms with van der Waals surface area (Å²) < 4.78 is 0. The van der Waals surface area contributed by atoms with Crippen molar-refractivity contribution >= 4 is 34.9 Å². The number of carbonyl (C=O) groups excluding carboxylic acids is 3. The number of anilines is 1. The van der Waals surface area contributed by atoms with Crippen LogP contribution in [-0.4, -0.2) is 35.3 Å². The molecule has 0 bridgehead atoms. The van der Waals surface area contributed by atoms with Crippen molar-refractivity contribution < 1.29 is 14.4 Å². The summed E-state index contributed by atoms with van der Waals surface area (Å²) >= 11 is 1.52. The number of hydrogen-bond donors (Lipinski definition) is 1. The van der Waals surface area contributed by atoms with Crippen LogP contribution < -0.4 is 10.2 Å². The van der Waals surface area contributed by atoms with Crippen molar-refractivity contribution in [2.75, 3.05) is 11.4 Å². The molecule has 1 unspecified atom stereocenters. The van der Waals surface area contributed by atoms with Crippen LogP contribution in [0.15, 0.2) is 41.8 Å². The van der Waals surface area contributed by atoms with Gasteiger partial charge in [0.05, 0.1) is 18.7 Å². The molecule has 0 saturated carbocycles. The maximum Gasteiger partial charge on any atom is 0.332 e. The van der Waals surface area contributed by atoms with Gasteiger partial charge in [0.15, 0.2) is 0 Å². The summed E-state index contributed by atoms with van der Waals surface area (Å²) in [4.78, 5) is 41.7. The molecule has 1 atom stereocenters. The summed E-state index contributed by atoms with van der Waals surface area (Å²) in [5, 5.41) is 4.63. The second-order valence-corrected chi connectivity index (χ2v) is 7.20. The third-order valence-corrected chi connectivity index (χ3v) is 5.13. The minimum Gasteiger partial charge on any atom is -0.356 e. The van der Waals surface area contributed by atoms with Gasteiger partial charge in [-0.2, -0.15) is 0 Å². The largest absolute Gasteiger partial charge is 0.356 e. The Morgan fingerprint density at radius 3 is 2.54 bits per heavy atom.